The van der Waals surface area contributed by atoms with Crippen LogP contribution < -0.4 is 20.7 Å². The minimum absolute atomic E-state index is 0.0548. The molecule has 3 saturated carbocycles. The highest BCUT2D eigenvalue weighted by atomic mass is 35.5. The van der Waals surface area contributed by atoms with Crippen LogP contribution in [0.4, 0.5) is 17.6 Å². The zero-order valence-corrected chi connectivity index (χ0v) is 17.9. The number of benzene rings is 1. The Labute approximate surface area is 184 Å². The average Bonchev–Trinajstić information content (AvgIpc) is 3.02. The third kappa shape index (κ3) is 4.45. The van der Waals surface area contributed by atoms with Gasteiger partial charge in [0.25, 0.3) is 5.91 Å². The summed E-state index contributed by atoms with van der Waals surface area (Å²) in [5, 5.41) is 6.21. The van der Waals surface area contributed by atoms with E-state index in [1.165, 1.54) is 12.1 Å². The smallest absolute Gasteiger partial charge is 0.405 e. The molecule has 12 heteroatoms. The Morgan fingerprint density at radius 2 is 1.90 bits per heavy atom. The first kappa shape index (κ1) is 22.5. The fourth-order valence-electron chi connectivity index (χ4n) is 4.59. The molecule has 3 atom stereocenters. The number of carbonyl (C=O) groups is 2. The van der Waals surface area contributed by atoms with Gasteiger partial charge in [0.2, 0.25) is 5.91 Å². The van der Waals surface area contributed by atoms with Crippen LogP contribution in [-0.2, 0) is 9.59 Å². The number of carbonyl (C=O) groups excluding carboxylic acids is 2. The van der Waals surface area contributed by atoms with Gasteiger partial charge in [-0.15, -0.1) is 11.8 Å². The maximum atomic E-state index is 13.4. The zero-order valence-electron chi connectivity index (χ0n) is 16.3. The molecule has 3 aliphatic carbocycles. The molecule has 4 aliphatic rings. The standard InChI is InChI=1S/C19H20ClF4N3O3S/c1-9-25-15(19(22,23)24)14(31-9)16(29)27-18-6-17(7-18,8-18)26-13(28)5-30-10-2-3-11(20)12(21)4-10/h2-4,9,14-15,25H,5-8H2,1H3,(H,26,28)(H,27,29). The molecule has 0 aromatic heterocycles. The predicted octanol–water partition coefficient (Wildman–Crippen LogP) is 2.75. The van der Waals surface area contributed by atoms with Crippen LogP contribution >= 0.6 is 23.4 Å². The highest BCUT2D eigenvalue weighted by Crippen LogP contribution is 2.60. The Bertz CT molecular complexity index is 896. The number of amides is 2. The van der Waals surface area contributed by atoms with Crippen molar-refractivity contribution in [3.63, 3.8) is 0 Å². The van der Waals surface area contributed by atoms with E-state index in [2.05, 4.69) is 16.0 Å². The highest BCUT2D eigenvalue weighted by Gasteiger charge is 2.70. The SMILES string of the molecule is CC1NC(C(F)(F)F)C(C(=O)NC23CC(NC(=O)COc4ccc(Cl)c(F)c4)(C2)C3)S1. The van der Waals surface area contributed by atoms with Crippen molar-refractivity contribution in [2.75, 3.05) is 6.61 Å². The molecule has 31 heavy (non-hydrogen) atoms. The summed E-state index contributed by atoms with van der Waals surface area (Å²) >= 11 is 6.54. The number of hydrogen-bond donors (Lipinski definition) is 3. The summed E-state index contributed by atoms with van der Waals surface area (Å²) in [6, 6.07) is 1.95. The Morgan fingerprint density at radius 1 is 1.26 bits per heavy atom. The van der Waals surface area contributed by atoms with E-state index in [9.17, 15) is 27.2 Å². The number of nitrogens with one attached hydrogen (secondary N) is 3. The topological polar surface area (TPSA) is 79.5 Å². The number of ether oxygens (including phenoxy) is 1. The van der Waals surface area contributed by atoms with E-state index in [-0.39, 0.29) is 17.4 Å². The molecule has 170 valence electrons. The van der Waals surface area contributed by atoms with Gasteiger partial charge in [-0.25, -0.2) is 4.39 Å². The number of hydrogen-bond acceptors (Lipinski definition) is 5. The Hall–Kier alpha value is -1.72. The van der Waals surface area contributed by atoms with Gasteiger partial charge >= 0.3 is 6.18 Å². The second-order valence-electron chi connectivity index (χ2n) is 8.38. The molecule has 2 bridgehead atoms. The predicted molar refractivity (Wildman–Crippen MR) is 106 cm³/mol. The zero-order chi connectivity index (χ0) is 22.6. The van der Waals surface area contributed by atoms with Gasteiger partial charge in [0, 0.05) is 17.1 Å². The molecule has 5 rings (SSSR count). The molecule has 4 fully saturated rings. The summed E-state index contributed by atoms with van der Waals surface area (Å²) in [6.45, 7) is 1.26. The van der Waals surface area contributed by atoms with Gasteiger partial charge in [0.15, 0.2) is 6.61 Å². The van der Waals surface area contributed by atoms with Crippen molar-refractivity contribution >= 4 is 35.2 Å². The Balaban J connectivity index is 1.24. The molecular weight excluding hydrogens is 462 g/mol. The lowest BCUT2D eigenvalue weighted by Crippen LogP contribution is -2.84. The van der Waals surface area contributed by atoms with Crippen LogP contribution in [0.1, 0.15) is 26.2 Å². The number of halogens is 5. The van der Waals surface area contributed by atoms with E-state index in [1.807, 2.05) is 0 Å². The van der Waals surface area contributed by atoms with Crippen molar-refractivity contribution in [3.8, 4) is 5.75 Å². The first-order valence-electron chi connectivity index (χ1n) is 9.60. The molecule has 1 aliphatic heterocycles. The molecule has 3 unspecified atom stereocenters. The minimum atomic E-state index is -4.51. The fourth-order valence-corrected chi connectivity index (χ4v) is 5.95. The summed E-state index contributed by atoms with van der Waals surface area (Å²) < 4.78 is 58.2. The third-order valence-electron chi connectivity index (χ3n) is 5.76. The number of rotatable bonds is 6. The van der Waals surface area contributed by atoms with Crippen molar-refractivity contribution in [3.05, 3.63) is 29.0 Å². The largest absolute Gasteiger partial charge is 0.484 e. The molecule has 1 aromatic carbocycles. The summed E-state index contributed by atoms with van der Waals surface area (Å²) in [7, 11) is 0. The molecule has 3 N–H and O–H groups in total. The van der Waals surface area contributed by atoms with Crippen molar-refractivity contribution in [1.82, 2.24) is 16.0 Å². The van der Waals surface area contributed by atoms with E-state index >= 15 is 0 Å². The molecule has 6 nitrogen and oxygen atoms in total. The van der Waals surface area contributed by atoms with Crippen LogP contribution in [-0.4, -0.2) is 52.3 Å². The Morgan fingerprint density at radius 3 is 2.52 bits per heavy atom. The maximum absolute atomic E-state index is 13.4. The van der Waals surface area contributed by atoms with E-state index in [0.717, 1.165) is 17.8 Å². The molecule has 2 amide bonds. The maximum Gasteiger partial charge on any atom is 0.405 e. The third-order valence-corrected chi connectivity index (χ3v) is 7.39. The molecule has 1 saturated heterocycles. The lowest BCUT2D eigenvalue weighted by Gasteiger charge is -2.70. The Kier molecular flexibility index (Phi) is 5.58. The first-order valence-corrected chi connectivity index (χ1v) is 10.9. The van der Waals surface area contributed by atoms with Gasteiger partial charge in [0.05, 0.1) is 10.4 Å². The van der Waals surface area contributed by atoms with Crippen molar-refractivity contribution in [2.24, 2.45) is 0 Å². The van der Waals surface area contributed by atoms with E-state index in [4.69, 9.17) is 16.3 Å². The summed E-state index contributed by atoms with van der Waals surface area (Å²) in [6.07, 6.45) is -3.17. The molecule has 1 heterocycles. The van der Waals surface area contributed by atoms with Crippen LogP contribution in [0.15, 0.2) is 18.2 Å². The normalized spacial score (nSPS) is 33.8. The quantitative estimate of drug-likeness (QED) is 0.545. The van der Waals surface area contributed by atoms with E-state index in [0.29, 0.717) is 19.3 Å². The highest BCUT2D eigenvalue weighted by molar-refractivity contribution is 8.01. The summed E-state index contributed by atoms with van der Waals surface area (Å²) in [5.74, 6) is -1.54. The van der Waals surface area contributed by atoms with Gasteiger partial charge in [-0.05, 0) is 38.3 Å². The van der Waals surface area contributed by atoms with Crippen LogP contribution in [0.25, 0.3) is 0 Å². The lowest BCUT2D eigenvalue weighted by atomic mass is 9.44. The number of thioether (sulfide) groups is 1. The van der Waals surface area contributed by atoms with Gasteiger partial charge in [-0.3, -0.25) is 14.9 Å². The first-order chi connectivity index (χ1) is 14.4. The monoisotopic (exact) mass is 481 g/mol. The van der Waals surface area contributed by atoms with Crippen molar-refractivity contribution in [1.29, 1.82) is 0 Å². The van der Waals surface area contributed by atoms with Crippen molar-refractivity contribution < 1.29 is 31.9 Å². The summed E-state index contributed by atoms with van der Waals surface area (Å²) in [4.78, 5) is 24.6. The lowest BCUT2D eigenvalue weighted by molar-refractivity contribution is -0.164. The second-order valence-corrected chi connectivity index (χ2v) is 10.3. The van der Waals surface area contributed by atoms with Crippen LogP contribution in [0, 0.1) is 5.82 Å². The van der Waals surface area contributed by atoms with Gasteiger partial charge < -0.3 is 15.4 Å². The molecular formula is C19H20ClF4N3O3S. The second kappa shape index (κ2) is 7.70. The van der Waals surface area contributed by atoms with E-state index < -0.39 is 51.6 Å². The minimum Gasteiger partial charge on any atom is -0.484 e. The van der Waals surface area contributed by atoms with Crippen molar-refractivity contribution in [2.45, 2.75) is 60.1 Å². The van der Waals surface area contributed by atoms with Crippen LogP contribution in [0.3, 0.4) is 0 Å². The van der Waals surface area contributed by atoms with Gasteiger partial charge in [0.1, 0.15) is 22.9 Å². The average molecular weight is 482 g/mol. The fraction of sp³-hybridized carbons (Fsp3) is 0.579. The molecule has 0 radical (unpaired) electrons. The molecule has 1 aromatic rings. The molecule has 0 spiro atoms. The van der Waals surface area contributed by atoms with E-state index in [1.54, 1.807) is 6.92 Å². The van der Waals surface area contributed by atoms with Gasteiger partial charge in [-0.2, -0.15) is 13.2 Å². The summed E-state index contributed by atoms with van der Waals surface area (Å²) in [5.41, 5.74) is -1.07. The number of alkyl halides is 3. The van der Waals surface area contributed by atoms with Gasteiger partial charge in [-0.1, -0.05) is 11.6 Å². The van der Waals surface area contributed by atoms with Crippen LogP contribution in [0.2, 0.25) is 5.02 Å². The van der Waals surface area contributed by atoms with Crippen LogP contribution in [0.5, 0.6) is 5.75 Å².